The van der Waals surface area contributed by atoms with E-state index in [1.54, 1.807) is 6.07 Å². The molecule has 0 amide bonds. The number of allylic oxidation sites excluding steroid dienone is 1. The molecular weight excluding hydrogens is 404 g/mol. The van der Waals surface area contributed by atoms with Gasteiger partial charge in [-0.2, -0.15) is 10.5 Å². The number of nitriles is 1. The lowest BCUT2D eigenvalue weighted by Crippen LogP contribution is -2.03. The minimum absolute atomic E-state index is 0.0168. The van der Waals surface area contributed by atoms with E-state index in [0.717, 1.165) is 0 Å². The molecule has 1 heterocycles. The van der Waals surface area contributed by atoms with Crippen LogP contribution in [0.25, 0.3) is 5.57 Å². The summed E-state index contributed by atoms with van der Waals surface area (Å²) in [5.74, 6) is 0.427. The zero-order chi connectivity index (χ0) is 20.1. The minimum Gasteiger partial charge on any atom is -0.497 e. The monoisotopic (exact) mass is 416 g/mol. The summed E-state index contributed by atoms with van der Waals surface area (Å²) in [6, 6.07) is 12.2. The molecule has 0 aliphatic heterocycles. The topological polar surface area (TPSA) is 134 Å². The number of halogens is 1. The highest BCUT2D eigenvalue weighted by molar-refractivity contribution is 7.91. The number of rotatable bonds is 6. The maximum atomic E-state index is 12.9. The van der Waals surface area contributed by atoms with Crippen LogP contribution in [0.3, 0.4) is 0 Å². The highest BCUT2D eigenvalue weighted by atomic mass is 35.5. The summed E-state index contributed by atoms with van der Waals surface area (Å²) in [5, 5.41) is 25.6. The van der Waals surface area contributed by atoms with Crippen molar-refractivity contribution in [3.05, 3.63) is 59.5 Å². The van der Waals surface area contributed by atoms with E-state index in [-0.39, 0.29) is 21.2 Å². The number of hydrogen-bond donors (Lipinski definition) is 2. The van der Waals surface area contributed by atoms with Crippen molar-refractivity contribution >= 4 is 32.7 Å². The van der Waals surface area contributed by atoms with Gasteiger partial charge in [-0.05, 0) is 41.6 Å². The summed E-state index contributed by atoms with van der Waals surface area (Å²) in [5.41, 5.74) is 0.502. The number of aromatic amines is 1. The van der Waals surface area contributed by atoms with E-state index >= 15 is 0 Å². The van der Waals surface area contributed by atoms with Crippen molar-refractivity contribution in [2.45, 2.75) is 9.79 Å². The van der Waals surface area contributed by atoms with Gasteiger partial charge in [0.15, 0.2) is 0 Å². The Hall–Kier alpha value is -3.42. The maximum Gasteiger partial charge on any atom is 0.216 e. The average molecular weight is 417 g/mol. The van der Waals surface area contributed by atoms with Crippen molar-refractivity contribution in [1.82, 2.24) is 20.6 Å². The molecule has 0 spiro atoms. The number of methoxy groups -OCH3 is 1. The number of nitrogens with zero attached hydrogens (tertiary/aromatic N) is 4. The Morgan fingerprint density at radius 2 is 2.00 bits per heavy atom. The second kappa shape index (κ2) is 8.08. The van der Waals surface area contributed by atoms with E-state index in [0.29, 0.717) is 16.5 Å². The van der Waals surface area contributed by atoms with Crippen LogP contribution in [-0.2, 0) is 9.84 Å². The summed E-state index contributed by atoms with van der Waals surface area (Å²) >= 11 is 5.83. The van der Waals surface area contributed by atoms with Gasteiger partial charge in [-0.15, -0.1) is 10.2 Å². The van der Waals surface area contributed by atoms with Gasteiger partial charge in [-0.3, -0.25) is 0 Å². The number of sulfone groups is 1. The molecule has 9 nitrogen and oxygen atoms in total. The predicted molar refractivity (Wildman–Crippen MR) is 101 cm³/mol. The molecule has 3 rings (SSSR count). The molecule has 2 aromatic carbocycles. The van der Waals surface area contributed by atoms with Crippen LogP contribution in [0.5, 0.6) is 5.75 Å². The fraction of sp³-hybridized carbons (Fsp3) is 0.0588. The van der Waals surface area contributed by atoms with Crippen molar-refractivity contribution in [3.63, 3.8) is 0 Å². The van der Waals surface area contributed by atoms with Gasteiger partial charge in [-0.1, -0.05) is 11.6 Å². The van der Waals surface area contributed by atoms with Crippen LogP contribution in [0.15, 0.2) is 58.5 Å². The van der Waals surface area contributed by atoms with E-state index in [9.17, 15) is 13.7 Å². The average Bonchev–Trinajstić information content (AvgIpc) is 3.23. The molecule has 3 aromatic rings. The molecule has 28 heavy (non-hydrogen) atoms. The molecule has 0 saturated carbocycles. The second-order valence-electron chi connectivity index (χ2n) is 5.40. The number of nitrogens with one attached hydrogen (secondary N) is 2. The first-order valence-electron chi connectivity index (χ1n) is 7.74. The fourth-order valence-corrected chi connectivity index (χ4v) is 3.70. The third-order valence-electron chi connectivity index (χ3n) is 3.64. The van der Waals surface area contributed by atoms with Gasteiger partial charge in [0.05, 0.1) is 16.9 Å². The Labute approximate surface area is 165 Å². The Morgan fingerprint density at radius 3 is 2.61 bits per heavy atom. The van der Waals surface area contributed by atoms with Gasteiger partial charge in [0.1, 0.15) is 17.4 Å². The molecule has 0 radical (unpaired) electrons. The van der Waals surface area contributed by atoms with Crippen molar-refractivity contribution in [2.75, 3.05) is 12.4 Å². The Balaban J connectivity index is 1.99. The lowest BCUT2D eigenvalue weighted by Gasteiger charge is -2.10. The molecular formula is C17H13ClN6O3S. The molecule has 142 valence electrons. The highest BCUT2D eigenvalue weighted by Crippen LogP contribution is 2.29. The number of H-pyrrole nitrogens is 1. The Morgan fingerprint density at radius 1 is 1.25 bits per heavy atom. The second-order valence-corrected chi connectivity index (χ2v) is 7.79. The molecule has 0 fully saturated rings. The van der Waals surface area contributed by atoms with Crippen LogP contribution >= 0.6 is 11.6 Å². The SMILES string of the molecule is COc1cc(NC=C(C#N)c2nn[nH]n2)cc(S(=O)(=O)c2ccc(Cl)cc2)c1. The number of tetrazole rings is 1. The van der Waals surface area contributed by atoms with Gasteiger partial charge in [0, 0.05) is 23.0 Å². The zero-order valence-electron chi connectivity index (χ0n) is 14.4. The summed E-state index contributed by atoms with van der Waals surface area (Å²) < 4.78 is 31.0. The van der Waals surface area contributed by atoms with Crippen molar-refractivity contribution in [3.8, 4) is 11.8 Å². The van der Waals surface area contributed by atoms with E-state index in [1.165, 1.54) is 49.7 Å². The first-order chi connectivity index (χ1) is 13.4. The van der Waals surface area contributed by atoms with Crippen LogP contribution in [0, 0.1) is 11.3 Å². The van der Waals surface area contributed by atoms with Gasteiger partial charge >= 0.3 is 0 Å². The summed E-state index contributed by atoms with van der Waals surface area (Å²) in [4.78, 5) is 0.110. The van der Waals surface area contributed by atoms with E-state index in [1.807, 2.05) is 6.07 Å². The van der Waals surface area contributed by atoms with Crippen LogP contribution < -0.4 is 10.1 Å². The summed E-state index contributed by atoms with van der Waals surface area (Å²) in [7, 11) is -2.38. The minimum atomic E-state index is -3.80. The molecule has 0 aliphatic rings. The molecule has 11 heteroatoms. The smallest absolute Gasteiger partial charge is 0.216 e. The van der Waals surface area contributed by atoms with Gasteiger partial charge in [0.2, 0.25) is 15.7 Å². The normalized spacial score (nSPS) is 11.7. The molecule has 1 aromatic heterocycles. The molecule has 0 aliphatic carbocycles. The predicted octanol–water partition coefficient (Wildman–Crippen LogP) is 2.67. The van der Waals surface area contributed by atoms with Gasteiger partial charge in [-0.25, -0.2) is 8.42 Å². The van der Waals surface area contributed by atoms with Crippen molar-refractivity contribution < 1.29 is 13.2 Å². The quantitative estimate of drug-likeness (QED) is 0.585. The molecule has 0 unspecified atom stereocenters. The van der Waals surface area contributed by atoms with Crippen LogP contribution in [0.1, 0.15) is 5.82 Å². The van der Waals surface area contributed by atoms with Gasteiger partial charge in [0.25, 0.3) is 0 Å². The van der Waals surface area contributed by atoms with Crippen LogP contribution in [0.2, 0.25) is 5.02 Å². The standard InChI is InChI=1S/C17H13ClN6O3S/c1-27-14-6-13(20-10-11(9-19)17-21-23-24-22-17)7-16(8-14)28(25,26)15-4-2-12(18)3-5-15/h2-8,10,20H,1H3,(H,21,22,23,24). The zero-order valence-corrected chi connectivity index (χ0v) is 16.0. The number of hydrogen-bond acceptors (Lipinski definition) is 8. The number of anilines is 1. The number of ether oxygens (including phenoxy) is 1. The Kier molecular flexibility index (Phi) is 5.58. The first kappa shape index (κ1) is 19.3. The first-order valence-corrected chi connectivity index (χ1v) is 9.60. The molecule has 0 bridgehead atoms. The highest BCUT2D eigenvalue weighted by Gasteiger charge is 2.19. The van der Waals surface area contributed by atoms with Crippen LogP contribution in [-0.4, -0.2) is 36.2 Å². The lowest BCUT2D eigenvalue weighted by molar-refractivity contribution is 0.413. The van der Waals surface area contributed by atoms with Crippen molar-refractivity contribution in [1.29, 1.82) is 5.26 Å². The summed E-state index contributed by atoms with van der Waals surface area (Å²) in [6.07, 6.45) is 1.35. The van der Waals surface area contributed by atoms with Crippen LogP contribution in [0.4, 0.5) is 5.69 Å². The van der Waals surface area contributed by atoms with E-state index < -0.39 is 9.84 Å². The third kappa shape index (κ3) is 4.11. The largest absolute Gasteiger partial charge is 0.497 e. The third-order valence-corrected chi connectivity index (χ3v) is 5.64. The molecule has 0 atom stereocenters. The lowest BCUT2D eigenvalue weighted by atomic mass is 10.2. The van der Waals surface area contributed by atoms with Gasteiger partial charge < -0.3 is 10.1 Å². The van der Waals surface area contributed by atoms with Crippen molar-refractivity contribution in [2.24, 2.45) is 0 Å². The summed E-state index contributed by atoms with van der Waals surface area (Å²) in [6.45, 7) is 0. The Bertz CT molecular complexity index is 1150. The number of aromatic nitrogens is 4. The fourth-order valence-electron chi connectivity index (χ4n) is 2.26. The molecule has 2 N–H and O–H groups in total. The van der Waals surface area contributed by atoms with E-state index in [2.05, 4.69) is 25.9 Å². The van der Waals surface area contributed by atoms with E-state index in [4.69, 9.17) is 16.3 Å². The maximum absolute atomic E-state index is 12.9. The molecule has 0 saturated heterocycles. The number of benzene rings is 2.